The molecule has 9 heteroatoms. The third kappa shape index (κ3) is 2.78. The van der Waals surface area contributed by atoms with Crippen LogP contribution in [0.25, 0.3) is 22.6 Å². The average molecular weight is 416 g/mol. The summed E-state index contributed by atoms with van der Waals surface area (Å²) < 4.78 is 32.1. The number of aryl methyl sites for hydroxylation is 3. The van der Waals surface area contributed by atoms with Crippen molar-refractivity contribution in [1.82, 2.24) is 19.9 Å². The highest BCUT2D eigenvalue weighted by atomic mass is 32.2. The number of amidine groups is 1. The van der Waals surface area contributed by atoms with Gasteiger partial charge in [-0.15, -0.1) is 0 Å². The van der Waals surface area contributed by atoms with E-state index in [2.05, 4.69) is 10.3 Å². The Morgan fingerprint density at radius 1 is 1.21 bits per heavy atom. The van der Waals surface area contributed by atoms with E-state index < -0.39 is 20.1 Å². The second kappa shape index (κ2) is 5.91. The molecule has 3 aromatic rings. The van der Waals surface area contributed by atoms with E-state index in [1.54, 1.807) is 20.8 Å². The lowest BCUT2D eigenvalue weighted by atomic mass is 9.92. The van der Waals surface area contributed by atoms with Crippen LogP contribution in [0.4, 0.5) is 0 Å². The van der Waals surface area contributed by atoms with Crippen molar-refractivity contribution in [2.24, 2.45) is 7.05 Å². The van der Waals surface area contributed by atoms with Crippen LogP contribution < -0.4 is 5.32 Å². The Morgan fingerprint density at radius 3 is 2.48 bits per heavy atom. The summed E-state index contributed by atoms with van der Waals surface area (Å²) in [6.07, 6.45) is 0. The van der Waals surface area contributed by atoms with Gasteiger partial charge in [-0.3, -0.25) is 5.41 Å². The summed E-state index contributed by atoms with van der Waals surface area (Å²) in [7, 11) is -1.60. The van der Waals surface area contributed by atoms with Gasteiger partial charge in [-0.05, 0) is 45.4 Å². The molecule has 0 aliphatic carbocycles. The van der Waals surface area contributed by atoms with Gasteiger partial charge in [0.25, 0.3) is 0 Å². The minimum atomic E-state index is -3.50. The van der Waals surface area contributed by atoms with Crippen LogP contribution in [0.15, 0.2) is 22.6 Å². The lowest BCUT2D eigenvalue weighted by molar-refractivity contribution is 0.443. The fourth-order valence-corrected chi connectivity index (χ4v) is 5.54. The maximum Gasteiger partial charge on any atom is 0.193 e. The molecule has 0 unspecified atom stereocenters. The standard InChI is InChI=1S/C20H25N5O3S/c1-11-16(28-12(2)22-11)17-23-14-9-13(7-8-15(14)25(17)6)20(5)10-29(26,27)19(3,4)18(21)24-20/h7-9H,10H2,1-6H3,(H2,21,24)/t20-/m0/s1. The van der Waals surface area contributed by atoms with Gasteiger partial charge in [-0.25, -0.2) is 18.4 Å². The van der Waals surface area contributed by atoms with Crippen molar-refractivity contribution in [2.45, 2.75) is 44.9 Å². The molecule has 1 aromatic carbocycles. The zero-order valence-electron chi connectivity index (χ0n) is 17.4. The summed E-state index contributed by atoms with van der Waals surface area (Å²) in [5.74, 6) is 1.77. The highest BCUT2D eigenvalue weighted by molar-refractivity contribution is 7.93. The largest absolute Gasteiger partial charge is 0.437 e. The Balaban J connectivity index is 1.83. The highest BCUT2D eigenvalue weighted by Gasteiger charge is 2.50. The van der Waals surface area contributed by atoms with Crippen molar-refractivity contribution in [3.05, 3.63) is 35.3 Å². The summed E-state index contributed by atoms with van der Waals surface area (Å²) >= 11 is 0. The molecule has 154 valence electrons. The quantitative estimate of drug-likeness (QED) is 0.665. The summed E-state index contributed by atoms with van der Waals surface area (Å²) in [6, 6.07) is 5.69. The first-order valence-corrected chi connectivity index (χ1v) is 11.0. The molecule has 29 heavy (non-hydrogen) atoms. The summed E-state index contributed by atoms with van der Waals surface area (Å²) in [5.41, 5.74) is 2.25. The van der Waals surface area contributed by atoms with Gasteiger partial charge in [0.2, 0.25) is 0 Å². The van der Waals surface area contributed by atoms with E-state index in [1.807, 2.05) is 43.7 Å². The number of fused-ring (bicyclic) bond motifs is 1. The number of hydrogen-bond donors (Lipinski definition) is 2. The third-order valence-corrected chi connectivity index (χ3v) is 8.60. The number of nitrogens with one attached hydrogen (secondary N) is 2. The molecule has 0 spiro atoms. The normalized spacial score (nSPS) is 23.3. The van der Waals surface area contributed by atoms with E-state index in [0.29, 0.717) is 17.5 Å². The lowest BCUT2D eigenvalue weighted by Crippen LogP contribution is -2.63. The fraction of sp³-hybridized carbons (Fsp3) is 0.450. The van der Waals surface area contributed by atoms with Crippen LogP contribution in [-0.2, 0) is 22.4 Å². The van der Waals surface area contributed by atoms with E-state index in [0.717, 1.165) is 22.3 Å². The Morgan fingerprint density at radius 2 is 1.90 bits per heavy atom. The Labute approximate surface area is 169 Å². The lowest BCUT2D eigenvalue weighted by Gasteiger charge is -2.43. The van der Waals surface area contributed by atoms with Crippen molar-refractivity contribution in [1.29, 1.82) is 5.41 Å². The zero-order chi connectivity index (χ0) is 21.4. The van der Waals surface area contributed by atoms with E-state index in [9.17, 15) is 8.42 Å². The Hall–Kier alpha value is -2.68. The van der Waals surface area contributed by atoms with Gasteiger partial charge in [-0.1, -0.05) is 6.07 Å². The highest BCUT2D eigenvalue weighted by Crippen LogP contribution is 2.35. The Bertz CT molecular complexity index is 1270. The van der Waals surface area contributed by atoms with Gasteiger partial charge in [0, 0.05) is 14.0 Å². The van der Waals surface area contributed by atoms with Gasteiger partial charge in [0.05, 0.1) is 28.0 Å². The van der Waals surface area contributed by atoms with Crippen LogP contribution in [0.3, 0.4) is 0 Å². The first-order chi connectivity index (χ1) is 13.4. The molecule has 2 aromatic heterocycles. The van der Waals surface area contributed by atoms with Crippen LogP contribution >= 0.6 is 0 Å². The molecule has 1 aliphatic rings. The maximum absolute atomic E-state index is 12.8. The SMILES string of the molecule is Cc1nc(C)c(-c2nc3cc([C@]4(C)CS(=O)(=O)C(C)(C)C(=N)N4)ccc3n2C)o1. The molecule has 0 saturated carbocycles. The first kappa shape index (κ1) is 19.6. The van der Waals surface area contributed by atoms with Crippen LogP contribution in [0.5, 0.6) is 0 Å². The van der Waals surface area contributed by atoms with Crippen LogP contribution in [-0.4, -0.2) is 39.3 Å². The first-order valence-electron chi connectivity index (χ1n) is 9.36. The summed E-state index contributed by atoms with van der Waals surface area (Å²) in [6.45, 7) is 8.61. The van der Waals surface area contributed by atoms with Gasteiger partial charge in [0.15, 0.2) is 27.3 Å². The van der Waals surface area contributed by atoms with Gasteiger partial charge in [0.1, 0.15) is 10.6 Å². The molecule has 0 radical (unpaired) electrons. The molecule has 8 nitrogen and oxygen atoms in total. The molecule has 1 atom stereocenters. The second-order valence-electron chi connectivity index (χ2n) is 8.45. The Kier molecular flexibility index (Phi) is 4.00. The number of rotatable bonds is 2. The number of aromatic nitrogens is 3. The van der Waals surface area contributed by atoms with Crippen molar-refractivity contribution >= 4 is 26.7 Å². The number of hydrogen-bond acceptors (Lipinski definition) is 6. The summed E-state index contributed by atoms with van der Waals surface area (Å²) in [4.78, 5) is 9.04. The van der Waals surface area contributed by atoms with E-state index in [4.69, 9.17) is 14.8 Å². The summed E-state index contributed by atoms with van der Waals surface area (Å²) in [5, 5.41) is 11.4. The number of oxazole rings is 1. The molecule has 3 heterocycles. The third-order valence-electron chi connectivity index (χ3n) is 5.88. The molecule has 1 saturated heterocycles. The van der Waals surface area contributed by atoms with Gasteiger partial charge >= 0.3 is 0 Å². The zero-order valence-corrected chi connectivity index (χ0v) is 18.2. The second-order valence-corrected chi connectivity index (χ2v) is 11.0. The molecule has 0 amide bonds. The van der Waals surface area contributed by atoms with E-state index in [-0.39, 0.29) is 11.6 Å². The minimum absolute atomic E-state index is 0.000756. The van der Waals surface area contributed by atoms with Crippen molar-refractivity contribution < 1.29 is 12.8 Å². The van der Waals surface area contributed by atoms with Crippen molar-refractivity contribution in [2.75, 3.05) is 5.75 Å². The number of imidazole rings is 1. The topological polar surface area (TPSA) is 114 Å². The molecule has 1 fully saturated rings. The van der Waals surface area contributed by atoms with E-state index in [1.165, 1.54) is 0 Å². The van der Waals surface area contributed by atoms with Crippen molar-refractivity contribution in [3.63, 3.8) is 0 Å². The molecule has 1 aliphatic heterocycles. The minimum Gasteiger partial charge on any atom is -0.437 e. The molecule has 0 bridgehead atoms. The molecular formula is C20H25N5O3S. The molecular weight excluding hydrogens is 390 g/mol. The average Bonchev–Trinajstić information content (AvgIpc) is 3.11. The molecule has 4 rings (SSSR count). The van der Waals surface area contributed by atoms with Crippen LogP contribution in [0, 0.1) is 19.3 Å². The van der Waals surface area contributed by atoms with Crippen LogP contribution in [0.2, 0.25) is 0 Å². The number of sulfone groups is 1. The maximum atomic E-state index is 12.8. The van der Waals surface area contributed by atoms with E-state index >= 15 is 0 Å². The van der Waals surface area contributed by atoms with Crippen LogP contribution in [0.1, 0.15) is 37.9 Å². The smallest absolute Gasteiger partial charge is 0.193 e. The number of benzene rings is 1. The fourth-order valence-electron chi connectivity index (χ4n) is 3.82. The molecule has 2 N–H and O–H groups in total. The monoisotopic (exact) mass is 415 g/mol. The van der Waals surface area contributed by atoms with Gasteiger partial charge < -0.3 is 14.3 Å². The predicted octanol–water partition coefficient (Wildman–Crippen LogP) is 2.83. The predicted molar refractivity (Wildman–Crippen MR) is 112 cm³/mol. The van der Waals surface area contributed by atoms with Gasteiger partial charge in [-0.2, -0.15) is 0 Å². The van der Waals surface area contributed by atoms with Crippen molar-refractivity contribution in [3.8, 4) is 11.6 Å². The number of nitrogens with zero attached hydrogens (tertiary/aromatic N) is 3.